The third kappa shape index (κ3) is 3.20. The van der Waals surface area contributed by atoms with Gasteiger partial charge in [0.15, 0.2) is 0 Å². The molecule has 1 heterocycles. The van der Waals surface area contributed by atoms with E-state index in [2.05, 4.69) is 16.2 Å². The van der Waals surface area contributed by atoms with Gasteiger partial charge in [-0.1, -0.05) is 29.3 Å². The third-order valence-electron chi connectivity index (χ3n) is 2.83. The molecular weight excluding hydrogens is 305 g/mol. The van der Waals surface area contributed by atoms with Crippen LogP contribution in [0.3, 0.4) is 0 Å². The van der Waals surface area contributed by atoms with E-state index in [9.17, 15) is 14.4 Å². The second-order valence-corrected chi connectivity index (χ2v) is 5.03. The average Bonchev–Trinajstić information content (AvgIpc) is 2.71. The molecule has 1 fully saturated rings. The van der Waals surface area contributed by atoms with E-state index in [-0.39, 0.29) is 18.7 Å². The lowest BCUT2D eigenvalue weighted by atomic mass is 10.0. The number of rotatable bonds is 4. The number of hydrogen-bond donors (Lipinski definition) is 3. The number of benzene rings is 1. The molecule has 1 aromatic carbocycles. The van der Waals surface area contributed by atoms with Gasteiger partial charge in [-0.25, -0.2) is 0 Å². The van der Waals surface area contributed by atoms with Gasteiger partial charge in [-0.2, -0.15) is 0 Å². The van der Waals surface area contributed by atoms with Gasteiger partial charge in [0.05, 0.1) is 15.7 Å². The van der Waals surface area contributed by atoms with Gasteiger partial charge in [0, 0.05) is 6.42 Å². The van der Waals surface area contributed by atoms with Gasteiger partial charge in [-0.3, -0.25) is 25.2 Å². The molecule has 0 aliphatic carbocycles. The minimum Gasteiger partial charge on any atom is -0.324 e. The molecule has 0 aromatic heterocycles. The van der Waals surface area contributed by atoms with Crippen molar-refractivity contribution < 1.29 is 14.4 Å². The first-order chi connectivity index (χ1) is 9.49. The average molecular weight is 316 g/mol. The molecule has 3 N–H and O–H groups in total. The van der Waals surface area contributed by atoms with Crippen LogP contribution in [-0.2, 0) is 14.4 Å². The van der Waals surface area contributed by atoms with Crippen LogP contribution < -0.4 is 16.2 Å². The summed E-state index contributed by atoms with van der Waals surface area (Å²) in [6.45, 7) is 0. The van der Waals surface area contributed by atoms with E-state index in [0.717, 1.165) is 0 Å². The third-order valence-corrected chi connectivity index (χ3v) is 3.46. The Hall–Kier alpha value is -1.79. The van der Waals surface area contributed by atoms with Crippen LogP contribution in [0, 0.1) is 5.92 Å². The minimum atomic E-state index is -0.845. The van der Waals surface area contributed by atoms with Gasteiger partial charge in [-0.15, -0.1) is 0 Å². The van der Waals surface area contributed by atoms with Gasteiger partial charge >= 0.3 is 0 Å². The van der Waals surface area contributed by atoms with E-state index < -0.39 is 17.7 Å². The molecule has 106 valence electrons. The quantitative estimate of drug-likeness (QED) is 0.736. The van der Waals surface area contributed by atoms with Crippen LogP contribution in [0.5, 0.6) is 0 Å². The lowest BCUT2D eigenvalue weighted by Crippen LogP contribution is -2.28. The first kappa shape index (κ1) is 14.6. The summed E-state index contributed by atoms with van der Waals surface area (Å²) in [6, 6.07) is 4.86. The number of para-hydroxylation sites is 1. The Labute approximate surface area is 124 Å². The summed E-state index contributed by atoms with van der Waals surface area (Å²) in [5, 5.41) is 3.21. The Morgan fingerprint density at radius 3 is 2.25 bits per heavy atom. The zero-order chi connectivity index (χ0) is 14.7. The Balaban J connectivity index is 1.93. The lowest BCUT2D eigenvalue weighted by molar-refractivity contribution is -0.128. The molecule has 0 radical (unpaired) electrons. The minimum absolute atomic E-state index is 0.00700. The first-order valence-electron chi connectivity index (χ1n) is 5.82. The van der Waals surface area contributed by atoms with Crippen LogP contribution in [0.1, 0.15) is 12.8 Å². The molecule has 1 aromatic rings. The smallest absolute Gasteiger partial charge is 0.251 e. The fraction of sp³-hybridized carbons (Fsp3) is 0.250. The first-order valence-corrected chi connectivity index (χ1v) is 6.58. The van der Waals surface area contributed by atoms with Crippen molar-refractivity contribution in [1.29, 1.82) is 0 Å². The van der Waals surface area contributed by atoms with Gasteiger partial charge in [0.1, 0.15) is 5.92 Å². The molecule has 20 heavy (non-hydrogen) atoms. The van der Waals surface area contributed by atoms with Crippen molar-refractivity contribution in [2.75, 3.05) is 5.32 Å². The van der Waals surface area contributed by atoms with Crippen molar-refractivity contribution in [3.63, 3.8) is 0 Å². The van der Waals surface area contributed by atoms with Crippen LogP contribution in [0.4, 0.5) is 5.69 Å². The van der Waals surface area contributed by atoms with Crippen molar-refractivity contribution in [2.24, 2.45) is 5.92 Å². The highest BCUT2D eigenvalue weighted by molar-refractivity contribution is 6.39. The highest BCUT2D eigenvalue weighted by Gasteiger charge is 2.32. The molecule has 2 rings (SSSR count). The van der Waals surface area contributed by atoms with Crippen LogP contribution in [0.15, 0.2) is 18.2 Å². The van der Waals surface area contributed by atoms with Crippen LogP contribution >= 0.6 is 23.2 Å². The fourth-order valence-corrected chi connectivity index (χ4v) is 2.27. The molecule has 8 heteroatoms. The number of nitrogens with one attached hydrogen (secondary N) is 3. The molecule has 3 amide bonds. The second-order valence-electron chi connectivity index (χ2n) is 4.21. The Morgan fingerprint density at radius 1 is 1.15 bits per heavy atom. The van der Waals surface area contributed by atoms with E-state index in [1.165, 1.54) is 0 Å². The number of carbonyl (C=O) groups excluding carboxylic acids is 3. The van der Waals surface area contributed by atoms with E-state index in [4.69, 9.17) is 23.2 Å². The number of hydrazine groups is 1. The molecule has 1 aliphatic heterocycles. The van der Waals surface area contributed by atoms with Gasteiger partial charge < -0.3 is 5.32 Å². The summed E-state index contributed by atoms with van der Waals surface area (Å²) in [7, 11) is 0. The van der Waals surface area contributed by atoms with E-state index >= 15 is 0 Å². The summed E-state index contributed by atoms with van der Waals surface area (Å²) in [5.41, 5.74) is 4.72. The summed E-state index contributed by atoms with van der Waals surface area (Å²) < 4.78 is 0. The van der Waals surface area contributed by atoms with Crippen molar-refractivity contribution in [2.45, 2.75) is 12.8 Å². The molecule has 6 nitrogen and oxygen atoms in total. The Morgan fingerprint density at radius 2 is 1.70 bits per heavy atom. The number of carbonyl (C=O) groups is 3. The standard InChI is InChI=1S/C12H11Cl2N3O3/c13-7-2-1-3-8(14)10(7)15-9(18)5-4-6-11(19)16-17-12(6)20/h1-3,6H,4-5H2,(H,15,18)(H,16,19)(H,17,20). The lowest BCUT2D eigenvalue weighted by Gasteiger charge is -2.09. The van der Waals surface area contributed by atoms with Crippen LogP contribution in [0.2, 0.25) is 10.0 Å². The van der Waals surface area contributed by atoms with Gasteiger partial charge in [-0.05, 0) is 18.6 Å². The normalized spacial score (nSPS) is 14.9. The number of amides is 3. The maximum atomic E-state index is 11.8. The largest absolute Gasteiger partial charge is 0.324 e. The topological polar surface area (TPSA) is 87.3 Å². The van der Waals surface area contributed by atoms with Crippen LogP contribution in [0.25, 0.3) is 0 Å². The predicted molar refractivity (Wildman–Crippen MR) is 74.1 cm³/mol. The molecule has 1 saturated heterocycles. The summed E-state index contributed by atoms with van der Waals surface area (Å²) in [4.78, 5) is 34.4. The summed E-state index contributed by atoms with van der Waals surface area (Å²) in [5.74, 6) is -2.08. The molecule has 0 saturated carbocycles. The SMILES string of the molecule is O=C(CCC1C(=O)NNC1=O)Nc1c(Cl)cccc1Cl. The molecule has 1 aliphatic rings. The zero-order valence-electron chi connectivity index (χ0n) is 10.2. The highest BCUT2D eigenvalue weighted by Crippen LogP contribution is 2.30. The highest BCUT2D eigenvalue weighted by atomic mass is 35.5. The maximum absolute atomic E-state index is 11.8. The van der Waals surface area contributed by atoms with Crippen LogP contribution in [-0.4, -0.2) is 17.7 Å². The molecular formula is C12H11Cl2N3O3. The molecule has 0 bridgehead atoms. The maximum Gasteiger partial charge on any atom is 0.251 e. The number of halogens is 2. The molecule has 0 atom stereocenters. The molecule has 0 spiro atoms. The summed E-state index contributed by atoms with van der Waals surface area (Å²) >= 11 is 11.8. The van der Waals surface area contributed by atoms with Gasteiger partial charge in [0.2, 0.25) is 5.91 Å². The monoisotopic (exact) mass is 315 g/mol. The van der Waals surface area contributed by atoms with E-state index in [0.29, 0.717) is 15.7 Å². The van der Waals surface area contributed by atoms with Crippen molar-refractivity contribution in [3.8, 4) is 0 Å². The van der Waals surface area contributed by atoms with E-state index in [1.807, 2.05) is 0 Å². The van der Waals surface area contributed by atoms with E-state index in [1.54, 1.807) is 18.2 Å². The number of hydrogen-bond acceptors (Lipinski definition) is 3. The van der Waals surface area contributed by atoms with Crippen molar-refractivity contribution in [3.05, 3.63) is 28.2 Å². The molecule has 0 unspecified atom stereocenters. The Bertz CT molecular complexity index is 541. The van der Waals surface area contributed by atoms with Crippen molar-refractivity contribution in [1.82, 2.24) is 10.9 Å². The fourth-order valence-electron chi connectivity index (χ4n) is 1.77. The predicted octanol–water partition coefficient (Wildman–Crippen LogP) is 1.49. The summed E-state index contributed by atoms with van der Waals surface area (Å²) in [6.07, 6.45) is 0.124. The van der Waals surface area contributed by atoms with Crippen molar-refractivity contribution >= 4 is 46.6 Å². The second kappa shape index (κ2) is 6.11. The zero-order valence-corrected chi connectivity index (χ0v) is 11.7. The number of anilines is 1. The Kier molecular flexibility index (Phi) is 4.46. The van der Waals surface area contributed by atoms with Gasteiger partial charge in [0.25, 0.3) is 11.8 Å².